The number of hydrogen-bond acceptors (Lipinski definition) is 8. The van der Waals surface area contributed by atoms with Crippen molar-refractivity contribution in [1.82, 2.24) is 34.7 Å². The number of benzene rings is 1. The van der Waals surface area contributed by atoms with Crippen molar-refractivity contribution in [3.63, 3.8) is 0 Å². The molecule has 200 valence electrons. The van der Waals surface area contributed by atoms with Crippen LogP contribution in [0.15, 0.2) is 42.9 Å². The van der Waals surface area contributed by atoms with Crippen molar-refractivity contribution < 1.29 is 9.18 Å². The summed E-state index contributed by atoms with van der Waals surface area (Å²) >= 11 is 0. The number of carbonyl (C=O) groups is 1. The number of nitrogens with one attached hydrogen (secondary N) is 3. The number of H-pyrrole nitrogens is 1. The molecule has 0 unspecified atom stereocenters. The van der Waals surface area contributed by atoms with Crippen LogP contribution >= 0.6 is 0 Å². The van der Waals surface area contributed by atoms with Crippen LogP contribution in [0.1, 0.15) is 31.2 Å². The number of halogens is 1. The Hall–Kier alpha value is -4.12. The Bertz CT molecular complexity index is 1520. The van der Waals surface area contributed by atoms with Crippen LogP contribution in [-0.2, 0) is 11.3 Å². The van der Waals surface area contributed by atoms with Crippen LogP contribution in [0.2, 0.25) is 0 Å². The molecule has 1 amide bonds. The van der Waals surface area contributed by atoms with Crippen molar-refractivity contribution in [3.05, 3.63) is 54.2 Å². The number of aromatic amines is 1. The van der Waals surface area contributed by atoms with Gasteiger partial charge >= 0.3 is 0 Å². The minimum absolute atomic E-state index is 0.245. The number of hydrogen-bond donors (Lipinski definition) is 3. The van der Waals surface area contributed by atoms with E-state index in [2.05, 4.69) is 40.5 Å². The number of pyridine rings is 1. The van der Waals surface area contributed by atoms with E-state index < -0.39 is 5.82 Å². The van der Waals surface area contributed by atoms with Gasteiger partial charge in [-0.15, -0.1) is 0 Å². The molecule has 3 aliphatic rings. The van der Waals surface area contributed by atoms with Crippen molar-refractivity contribution in [1.29, 1.82) is 0 Å². The zero-order valence-corrected chi connectivity index (χ0v) is 21.5. The molecule has 0 radical (unpaired) electrons. The molecule has 4 heterocycles. The first kappa shape index (κ1) is 24.0. The first-order valence-corrected chi connectivity index (χ1v) is 13.6. The number of nitrogens with zero attached hydrogens (tertiary/aromatic N) is 6. The molecule has 11 heteroatoms. The van der Waals surface area contributed by atoms with Gasteiger partial charge in [0.15, 0.2) is 11.6 Å². The lowest BCUT2D eigenvalue weighted by Crippen LogP contribution is -2.48. The summed E-state index contributed by atoms with van der Waals surface area (Å²) in [7, 11) is 0. The van der Waals surface area contributed by atoms with Crippen LogP contribution < -0.4 is 10.6 Å². The fourth-order valence-electron chi connectivity index (χ4n) is 5.04. The highest BCUT2D eigenvalue weighted by molar-refractivity contribution is 5.84. The molecule has 7 rings (SSSR count). The zero-order valence-electron chi connectivity index (χ0n) is 21.5. The van der Waals surface area contributed by atoms with Crippen LogP contribution in [0.25, 0.3) is 22.3 Å². The number of aromatic nitrogens is 5. The standard InChI is InChI=1S/C28H30FN9O/c29-24-25(31-16-32-26(24)33-20-4-5-20)19-3-6-21-22(14-19)35-28(34-21)36-23-13-17(7-8-30-23)15-37-9-11-38(12-10-37)27(39)18-1-2-18/h3,6-8,13-14,16,18,20H,1-2,4-5,9-12,15H2,(H,31,32,33)(H2,30,34,35,36). The molecule has 1 aliphatic heterocycles. The molecule has 0 bridgehead atoms. The van der Waals surface area contributed by atoms with E-state index in [0.29, 0.717) is 29.3 Å². The Morgan fingerprint density at radius 2 is 1.87 bits per heavy atom. The highest BCUT2D eigenvalue weighted by atomic mass is 19.1. The number of carbonyl (C=O) groups excluding carboxylic acids is 1. The summed E-state index contributed by atoms with van der Waals surface area (Å²) in [5.41, 5.74) is 3.56. The Balaban J connectivity index is 1.02. The van der Waals surface area contributed by atoms with Crippen LogP contribution in [0, 0.1) is 11.7 Å². The number of fused-ring (bicyclic) bond motifs is 1. The normalized spacial score (nSPS) is 17.9. The molecule has 0 spiro atoms. The molecule has 3 aromatic heterocycles. The van der Waals surface area contributed by atoms with E-state index >= 15 is 4.39 Å². The Labute approximate surface area is 225 Å². The van der Waals surface area contributed by atoms with Crippen molar-refractivity contribution in [2.24, 2.45) is 5.92 Å². The zero-order chi connectivity index (χ0) is 26.3. The van der Waals surface area contributed by atoms with Crippen LogP contribution in [-0.4, -0.2) is 72.8 Å². The van der Waals surface area contributed by atoms with Gasteiger partial charge in [-0.3, -0.25) is 9.69 Å². The molecular weight excluding hydrogens is 497 g/mol. The minimum atomic E-state index is -0.446. The maximum Gasteiger partial charge on any atom is 0.225 e. The first-order chi connectivity index (χ1) is 19.1. The minimum Gasteiger partial charge on any atom is -0.365 e. The summed E-state index contributed by atoms with van der Waals surface area (Å²) < 4.78 is 15.1. The number of piperazine rings is 1. The third-order valence-corrected chi connectivity index (χ3v) is 7.55. The van der Waals surface area contributed by atoms with Gasteiger partial charge in [0.05, 0.1) is 11.0 Å². The lowest BCUT2D eigenvalue weighted by Gasteiger charge is -2.34. The number of amides is 1. The van der Waals surface area contributed by atoms with E-state index in [-0.39, 0.29) is 17.4 Å². The molecule has 2 saturated carbocycles. The van der Waals surface area contributed by atoms with E-state index in [0.717, 1.165) is 75.0 Å². The maximum atomic E-state index is 15.1. The van der Waals surface area contributed by atoms with E-state index in [1.165, 1.54) is 6.33 Å². The SMILES string of the molecule is O=C(C1CC1)N1CCN(Cc2ccnc(Nc3nc4ccc(-c5ncnc(NC6CC6)c5F)cc4[nH]3)c2)CC1. The highest BCUT2D eigenvalue weighted by Gasteiger charge is 2.34. The monoisotopic (exact) mass is 527 g/mol. The molecule has 3 fully saturated rings. The average Bonchev–Trinajstić information content (AvgIpc) is 3.88. The summed E-state index contributed by atoms with van der Waals surface area (Å²) in [4.78, 5) is 37.3. The van der Waals surface area contributed by atoms with E-state index in [4.69, 9.17) is 0 Å². The van der Waals surface area contributed by atoms with Crippen molar-refractivity contribution >= 4 is 34.5 Å². The van der Waals surface area contributed by atoms with Crippen LogP contribution in [0.3, 0.4) is 0 Å². The predicted molar refractivity (Wildman–Crippen MR) is 146 cm³/mol. The van der Waals surface area contributed by atoms with Gasteiger partial charge in [-0.1, -0.05) is 6.07 Å². The van der Waals surface area contributed by atoms with E-state index in [9.17, 15) is 4.79 Å². The third kappa shape index (κ3) is 5.26. The molecule has 0 atom stereocenters. The average molecular weight is 528 g/mol. The summed E-state index contributed by atoms with van der Waals surface area (Å²) in [6.45, 7) is 4.14. The van der Waals surface area contributed by atoms with Gasteiger partial charge < -0.3 is 20.5 Å². The Morgan fingerprint density at radius 3 is 2.67 bits per heavy atom. The van der Waals surface area contributed by atoms with Gasteiger partial charge in [0.2, 0.25) is 11.9 Å². The largest absolute Gasteiger partial charge is 0.365 e. The molecule has 10 nitrogen and oxygen atoms in total. The van der Waals surface area contributed by atoms with Crippen molar-refractivity contribution in [2.45, 2.75) is 38.3 Å². The summed E-state index contributed by atoms with van der Waals surface area (Å²) in [6, 6.07) is 9.84. The van der Waals surface area contributed by atoms with Crippen molar-refractivity contribution in [3.8, 4) is 11.3 Å². The smallest absolute Gasteiger partial charge is 0.225 e. The second-order valence-electron chi connectivity index (χ2n) is 10.7. The van der Waals surface area contributed by atoms with Crippen LogP contribution in [0.5, 0.6) is 0 Å². The molecule has 1 saturated heterocycles. The molecule has 39 heavy (non-hydrogen) atoms. The molecule has 3 N–H and O–H groups in total. The third-order valence-electron chi connectivity index (χ3n) is 7.55. The fourth-order valence-corrected chi connectivity index (χ4v) is 5.04. The quantitative estimate of drug-likeness (QED) is 0.316. The van der Waals surface area contributed by atoms with Gasteiger partial charge in [-0.05, 0) is 55.5 Å². The molecule has 1 aromatic carbocycles. The summed E-state index contributed by atoms with van der Waals surface area (Å²) in [6.07, 6.45) is 7.35. The number of anilines is 3. The second kappa shape index (κ2) is 9.88. The Morgan fingerprint density at radius 1 is 1.03 bits per heavy atom. The number of imidazole rings is 1. The summed E-state index contributed by atoms with van der Waals surface area (Å²) in [5, 5.41) is 6.39. The number of rotatable bonds is 8. The van der Waals surface area contributed by atoms with E-state index in [1.807, 2.05) is 35.2 Å². The van der Waals surface area contributed by atoms with Crippen LogP contribution in [0.4, 0.5) is 22.0 Å². The lowest BCUT2D eigenvalue weighted by atomic mass is 10.1. The predicted octanol–water partition coefficient (Wildman–Crippen LogP) is 3.93. The first-order valence-electron chi connectivity index (χ1n) is 13.6. The van der Waals surface area contributed by atoms with Gasteiger partial charge in [-0.2, -0.15) is 0 Å². The molecule has 2 aliphatic carbocycles. The molecule has 4 aromatic rings. The van der Waals surface area contributed by atoms with Gasteiger partial charge in [-0.25, -0.2) is 24.3 Å². The fraction of sp³-hybridized carbons (Fsp3) is 0.393. The lowest BCUT2D eigenvalue weighted by molar-refractivity contribution is -0.134. The van der Waals surface area contributed by atoms with E-state index in [1.54, 1.807) is 6.20 Å². The van der Waals surface area contributed by atoms with Crippen molar-refractivity contribution in [2.75, 3.05) is 36.8 Å². The summed E-state index contributed by atoms with van der Waals surface area (Å²) in [5.74, 6) is 1.66. The topological polar surface area (TPSA) is 115 Å². The second-order valence-corrected chi connectivity index (χ2v) is 10.7. The van der Waals surface area contributed by atoms with Gasteiger partial charge in [0.25, 0.3) is 0 Å². The maximum absolute atomic E-state index is 15.1. The molecular formula is C28H30FN9O. The Kier molecular flexibility index (Phi) is 6.07. The highest BCUT2D eigenvalue weighted by Crippen LogP contribution is 2.32. The van der Waals surface area contributed by atoms with Gasteiger partial charge in [0.1, 0.15) is 17.8 Å². The van der Waals surface area contributed by atoms with Gasteiger partial charge in [0, 0.05) is 56.4 Å².